The summed E-state index contributed by atoms with van der Waals surface area (Å²) in [7, 11) is 1.51. The molecule has 0 aromatic heterocycles. The number of methoxy groups -OCH3 is 1. The zero-order valence-corrected chi connectivity index (χ0v) is 12.1. The molecule has 0 fully saturated rings. The van der Waals surface area contributed by atoms with E-state index in [4.69, 9.17) is 9.47 Å². The predicted octanol–water partition coefficient (Wildman–Crippen LogP) is 2.45. The van der Waals surface area contributed by atoms with Crippen molar-refractivity contribution in [1.82, 2.24) is 0 Å². The maximum atomic E-state index is 10.7. The van der Waals surface area contributed by atoms with Gasteiger partial charge in [0.2, 0.25) is 6.54 Å². The van der Waals surface area contributed by atoms with Gasteiger partial charge in [-0.25, -0.2) is 0 Å². The molecule has 0 aliphatic rings. The lowest BCUT2D eigenvalue weighted by Gasteiger charge is -2.23. The number of para-hydroxylation sites is 2. The van der Waals surface area contributed by atoms with Gasteiger partial charge in [-0.1, -0.05) is 42.5 Å². The van der Waals surface area contributed by atoms with Crippen molar-refractivity contribution < 1.29 is 19.5 Å². The van der Waals surface area contributed by atoms with E-state index in [1.54, 1.807) is 48.5 Å². The molecule has 0 saturated carbocycles. The summed E-state index contributed by atoms with van der Waals surface area (Å²) in [5, 5.41) is 20.8. The van der Waals surface area contributed by atoms with Crippen LogP contribution in [0.2, 0.25) is 0 Å². The molecule has 0 radical (unpaired) electrons. The van der Waals surface area contributed by atoms with Gasteiger partial charge in [-0.2, -0.15) is 0 Å². The van der Waals surface area contributed by atoms with Crippen molar-refractivity contribution in [3.05, 3.63) is 70.3 Å². The van der Waals surface area contributed by atoms with Crippen LogP contribution in [0.15, 0.2) is 54.6 Å². The summed E-state index contributed by atoms with van der Waals surface area (Å²) >= 11 is 0. The molecule has 6 heteroatoms. The van der Waals surface area contributed by atoms with E-state index in [-0.39, 0.29) is 0 Å². The molecule has 0 heterocycles. The van der Waals surface area contributed by atoms with Crippen LogP contribution in [-0.4, -0.2) is 29.8 Å². The van der Waals surface area contributed by atoms with Gasteiger partial charge in [0.05, 0.1) is 7.11 Å². The number of nitro groups is 1. The Morgan fingerprint density at radius 3 is 2.27 bits per heavy atom. The maximum absolute atomic E-state index is 10.7. The molecule has 116 valence electrons. The highest BCUT2D eigenvalue weighted by atomic mass is 16.6. The first kappa shape index (κ1) is 15.8. The third-order valence-corrected chi connectivity index (χ3v) is 3.14. The molecule has 2 rings (SSSR count). The van der Waals surface area contributed by atoms with Crippen molar-refractivity contribution in [2.24, 2.45) is 0 Å². The van der Waals surface area contributed by atoms with E-state index in [0.29, 0.717) is 17.1 Å². The van der Waals surface area contributed by atoms with Crippen molar-refractivity contribution in [3.63, 3.8) is 0 Å². The van der Waals surface area contributed by atoms with Crippen molar-refractivity contribution in [1.29, 1.82) is 0 Å². The molecule has 2 aromatic carbocycles. The van der Waals surface area contributed by atoms with Crippen LogP contribution < -0.4 is 9.47 Å². The third kappa shape index (κ3) is 3.95. The standard InChI is InChI=1S/C16H17NO5/c1-21-14-9-5-6-10-15(14)22-16(13(18)11-17(19)20)12-7-3-2-4-8-12/h2-10,13,16,18H,11H2,1H3. The number of benzene rings is 2. The monoisotopic (exact) mass is 303 g/mol. The quantitative estimate of drug-likeness (QED) is 0.627. The first-order valence-electron chi connectivity index (χ1n) is 6.76. The highest BCUT2D eigenvalue weighted by Crippen LogP contribution is 2.32. The fourth-order valence-corrected chi connectivity index (χ4v) is 2.11. The van der Waals surface area contributed by atoms with Crippen LogP contribution >= 0.6 is 0 Å². The summed E-state index contributed by atoms with van der Waals surface area (Å²) in [5.41, 5.74) is 0.655. The number of nitrogens with zero attached hydrogens (tertiary/aromatic N) is 1. The second-order valence-corrected chi connectivity index (χ2v) is 4.68. The average molecular weight is 303 g/mol. The number of hydrogen-bond acceptors (Lipinski definition) is 5. The molecule has 6 nitrogen and oxygen atoms in total. The Hall–Kier alpha value is -2.60. The summed E-state index contributed by atoms with van der Waals surface area (Å²) in [6.07, 6.45) is -2.13. The van der Waals surface area contributed by atoms with E-state index < -0.39 is 23.7 Å². The summed E-state index contributed by atoms with van der Waals surface area (Å²) in [6, 6.07) is 15.9. The zero-order chi connectivity index (χ0) is 15.9. The molecular weight excluding hydrogens is 286 g/mol. The van der Waals surface area contributed by atoms with Crippen LogP contribution in [0.3, 0.4) is 0 Å². The molecule has 0 bridgehead atoms. The Kier molecular flexibility index (Phi) is 5.32. The first-order chi connectivity index (χ1) is 10.6. The number of hydrogen-bond donors (Lipinski definition) is 1. The average Bonchev–Trinajstić information content (AvgIpc) is 2.53. The smallest absolute Gasteiger partial charge is 0.233 e. The van der Waals surface area contributed by atoms with E-state index in [2.05, 4.69) is 0 Å². The Morgan fingerprint density at radius 2 is 1.68 bits per heavy atom. The van der Waals surface area contributed by atoms with Gasteiger partial charge in [0.1, 0.15) is 0 Å². The summed E-state index contributed by atoms with van der Waals surface area (Å²) in [4.78, 5) is 10.1. The fraction of sp³-hybridized carbons (Fsp3) is 0.250. The minimum absolute atomic E-state index is 0.418. The zero-order valence-electron chi connectivity index (χ0n) is 12.1. The number of ether oxygens (including phenoxy) is 2. The van der Waals surface area contributed by atoms with Gasteiger partial charge in [-0.3, -0.25) is 10.1 Å². The summed E-state index contributed by atoms with van der Waals surface area (Å²) in [5.74, 6) is 0.915. The first-order valence-corrected chi connectivity index (χ1v) is 6.76. The molecule has 2 unspecified atom stereocenters. The molecule has 0 amide bonds. The van der Waals surface area contributed by atoms with Crippen LogP contribution in [0.4, 0.5) is 0 Å². The Labute approximate surface area is 128 Å². The van der Waals surface area contributed by atoms with Crippen LogP contribution in [0.25, 0.3) is 0 Å². The minimum atomic E-state index is -1.28. The molecule has 0 aliphatic carbocycles. The van der Waals surface area contributed by atoms with Crippen molar-refractivity contribution in [2.75, 3.05) is 13.7 Å². The van der Waals surface area contributed by atoms with Crippen molar-refractivity contribution in [3.8, 4) is 11.5 Å². The number of rotatable bonds is 7. The lowest BCUT2D eigenvalue weighted by molar-refractivity contribution is -0.492. The van der Waals surface area contributed by atoms with Crippen molar-refractivity contribution in [2.45, 2.75) is 12.2 Å². The molecule has 22 heavy (non-hydrogen) atoms. The van der Waals surface area contributed by atoms with Crippen LogP contribution in [0.5, 0.6) is 11.5 Å². The number of aliphatic hydroxyl groups is 1. The van der Waals surface area contributed by atoms with E-state index in [1.165, 1.54) is 7.11 Å². The highest BCUT2D eigenvalue weighted by Gasteiger charge is 2.28. The molecule has 0 saturated heterocycles. The fourth-order valence-electron chi connectivity index (χ4n) is 2.11. The summed E-state index contributed by atoms with van der Waals surface area (Å²) in [6.45, 7) is -0.602. The normalized spacial score (nSPS) is 13.2. The van der Waals surface area contributed by atoms with Gasteiger partial charge in [0.25, 0.3) is 0 Å². The highest BCUT2D eigenvalue weighted by molar-refractivity contribution is 5.40. The van der Waals surface area contributed by atoms with Gasteiger partial charge in [-0.05, 0) is 17.7 Å². The van der Waals surface area contributed by atoms with Gasteiger partial charge >= 0.3 is 0 Å². The lowest BCUT2D eigenvalue weighted by Crippen LogP contribution is -2.30. The molecule has 2 aromatic rings. The van der Waals surface area contributed by atoms with Crippen LogP contribution in [0.1, 0.15) is 11.7 Å². The maximum Gasteiger partial charge on any atom is 0.233 e. The van der Waals surface area contributed by atoms with Crippen LogP contribution in [-0.2, 0) is 0 Å². The minimum Gasteiger partial charge on any atom is -0.493 e. The number of aliphatic hydroxyl groups excluding tert-OH is 1. The Morgan fingerprint density at radius 1 is 1.09 bits per heavy atom. The van der Waals surface area contributed by atoms with Crippen molar-refractivity contribution >= 4 is 0 Å². The molecule has 0 spiro atoms. The topological polar surface area (TPSA) is 81.8 Å². The SMILES string of the molecule is COc1ccccc1OC(c1ccccc1)C(O)C[N+](=O)[O-]. The van der Waals surface area contributed by atoms with Gasteiger partial charge < -0.3 is 14.6 Å². The third-order valence-electron chi connectivity index (χ3n) is 3.14. The van der Waals surface area contributed by atoms with Gasteiger partial charge in [0, 0.05) is 4.92 Å². The Bertz CT molecular complexity index is 617. The molecular formula is C16H17NO5. The van der Waals surface area contributed by atoms with Gasteiger partial charge in [0.15, 0.2) is 23.7 Å². The lowest BCUT2D eigenvalue weighted by atomic mass is 10.0. The summed E-state index contributed by atoms with van der Waals surface area (Å²) < 4.78 is 11.0. The molecule has 0 aliphatic heterocycles. The Balaban J connectivity index is 2.30. The predicted molar refractivity (Wildman–Crippen MR) is 80.7 cm³/mol. The second-order valence-electron chi connectivity index (χ2n) is 4.68. The second kappa shape index (κ2) is 7.42. The van der Waals surface area contributed by atoms with Gasteiger partial charge in [-0.15, -0.1) is 0 Å². The van der Waals surface area contributed by atoms with E-state index >= 15 is 0 Å². The largest absolute Gasteiger partial charge is 0.493 e. The molecule has 1 N–H and O–H groups in total. The van der Waals surface area contributed by atoms with Crippen LogP contribution in [0, 0.1) is 10.1 Å². The van der Waals surface area contributed by atoms with E-state index in [1.807, 2.05) is 6.07 Å². The van der Waals surface area contributed by atoms with E-state index in [9.17, 15) is 15.2 Å². The molecule has 2 atom stereocenters. The van der Waals surface area contributed by atoms with E-state index in [0.717, 1.165) is 0 Å².